The molecule has 1 aliphatic rings. The molecule has 6 rings (SSSR count). The summed E-state index contributed by atoms with van der Waals surface area (Å²) in [6.45, 7) is 1.33. The molecule has 1 N–H and O–H groups in total. The number of benzene rings is 3. The van der Waals surface area contributed by atoms with E-state index in [1.54, 1.807) is 41.6 Å². The Morgan fingerprint density at radius 2 is 1.62 bits per heavy atom. The van der Waals surface area contributed by atoms with Crippen molar-refractivity contribution in [1.29, 1.82) is 5.26 Å². The zero-order valence-corrected chi connectivity index (χ0v) is 24.8. The highest BCUT2D eigenvalue weighted by atomic mass is 16.5. The third kappa shape index (κ3) is 7.00. The van der Waals surface area contributed by atoms with Gasteiger partial charge in [0.2, 0.25) is 5.91 Å². The number of aromatic nitrogens is 2. The highest BCUT2D eigenvalue weighted by Crippen LogP contribution is 2.33. The van der Waals surface area contributed by atoms with Crippen LogP contribution in [0.4, 0.5) is 0 Å². The van der Waals surface area contributed by atoms with Gasteiger partial charge in [0, 0.05) is 36.4 Å². The van der Waals surface area contributed by atoms with Crippen LogP contribution in [0.2, 0.25) is 0 Å². The number of amides is 2. The number of nitrogens with one attached hydrogen (secondary N) is 1. The van der Waals surface area contributed by atoms with Gasteiger partial charge >= 0.3 is 0 Å². The number of hydrogen-bond donors (Lipinski definition) is 1. The number of carbonyl (C=O) groups excluding carboxylic acids is 2. The molecule has 0 spiro atoms. The maximum absolute atomic E-state index is 13.8. The van der Waals surface area contributed by atoms with Gasteiger partial charge < -0.3 is 15.0 Å². The molecule has 2 aromatic heterocycles. The quantitative estimate of drug-likeness (QED) is 0.217. The van der Waals surface area contributed by atoms with Crippen LogP contribution in [0.5, 0.6) is 5.75 Å². The average molecular weight is 596 g/mol. The van der Waals surface area contributed by atoms with Crippen LogP contribution >= 0.6 is 0 Å². The fourth-order valence-electron chi connectivity index (χ4n) is 5.84. The molecule has 1 aliphatic heterocycles. The van der Waals surface area contributed by atoms with E-state index in [9.17, 15) is 14.9 Å². The van der Waals surface area contributed by atoms with Crippen LogP contribution in [-0.4, -0.2) is 39.8 Å². The van der Waals surface area contributed by atoms with E-state index in [1.165, 1.54) is 0 Å². The van der Waals surface area contributed by atoms with Gasteiger partial charge in [0.05, 0.1) is 23.2 Å². The highest BCUT2D eigenvalue weighted by molar-refractivity contribution is 5.98. The van der Waals surface area contributed by atoms with Gasteiger partial charge in [-0.2, -0.15) is 5.26 Å². The molecule has 1 unspecified atom stereocenters. The van der Waals surface area contributed by atoms with Crippen molar-refractivity contribution < 1.29 is 14.3 Å². The largest absolute Gasteiger partial charge is 0.487 e. The minimum Gasteiger partial charge on any atom is -0.487 e. The molecule has 1 saturated heterocycles. The Hall–Kier alpha value is -5.55. The maximum Gasteiger partial charge on any atom is 0.252 e. The van der Waals surface area contributed by atoms with Crippen LogP contribution in [-0.2, 0) is 11.4 Å². The summed E-state index contributed by atoms with van der Waals surface area (Å²) in [6, 6.07) is 33.4. The molecule has 1 fully saturated rings. The second-order valence-corrected chi connectivity index (χ2v) is 11.2. The zero-order valence-electron chi connectivity index (χ0n) is 24.8. The van der Waals surface area contributed by atoms with E-state index >= 15 is 0 Å². The van der Waals surface area contributed by atoms with Crippen molar-refractivity contribution in [3.05, 3.63) is 138 Å². The summed E-state index contributed by atoms with van der Waals surface area (Å²) in [6.07, 6.45) is 4.84. The van der Waals surface area contributed by atoms with Crippen molar-refractivity contribution in [2.75, 3.05) is 13.1 Å². The smallest absolute Gasteiger partial charge is 0.252 e. The molecule has 0 aliphatic carbocycles. The molecule has 8 heteroatoms. The Morgan fingerprint density at radius 1 is 0.889 bits per heavy atom. The first kappa shape index (κ1) is 29.5. The summed E-state index contributed by atoms with van der Waals surface area (Å²) in [7, 11) is 0. The number of hydrogen-bond acceptors (Lipinski definition) is 6. The zero-order chi connectivity index (χ0) is 31.0. The van der Waals surface area contributed by atoms with E-state index < -0.39 is 6.04 Å². The topological polar surface area (TPSA) is 108 Å². The van der Waals surface area contributed by atoms with E-state index in [-0.39, 0.29) is 23.7 Å². The Balaban J connectivity index is 1.09. The molecule has 3 heterocycles. The van der Waals surface area contributed by atoms with E-state index in [4.69, 9.17) is 4.74 Å². The maximum atomic E-state index is 13.8. The fourth-order valence-corrected chi connectivity index (χ4v) is 5.84. The van der Waals surface area contributed by atoms with Gasteiger partial charge in [0.15, 0.2) is 0 Å². The summed E-state index contributed by atoms with van der Waals surface area (Å²) in [5, 5.41) is 13.9. The van der Waals surface area contributed by atoms with Gasteiger partial charge in [0.25, 0.3) is 5.91 Å². The number of para-hydroxylation sites is 1. The number of piperidine rings is 1. The van der Waals surface area contributed by atoms with Gasteiger partial charge in [0.1, 0.15) is 18.4 Å². The third-order valence-electron chi connectivity index (χ3n) is 8.32. The van der Waals surface area contributed by atoms with Crippen LogP contribution in [0.1, 0.15) is 52.0 Å². The predicted octanol–water partition coefficient (Wildman–Crippen LogP) is 6.23. The van der Waals surface area contributed by atoms with Crippen LogP contribution < -0.4 is 10.1 Å². The second kappa shape index (κ2) is 13.8. The molecule has 3 aromatic carbocycles. The fraction of sp³-hybridized carbons (Fsp3) is 0.216. The van der Waals surface area contributed by atoms with Crippen LogP contribution in [0, 0.1) is 17.2 Å². The Kier molecular flexibility index (Phi) is 9.07. The molecule has 5 aromatic rings. The lowest BCUT2D eigenvalue weighted by molar-refractivity contribution is -0.134. The summed E-state index contributed by atoms with van der Waals surface area (Å²) < 4.78 is 5.93. The van der Waals surface area contributed by atoms with Crippen molar-refractivity contribution >= 4 is 22.7 Å². The minimum absolute atomic E-state index is 0.130. The standard InChI is InChI=1S/C37H33N5O3/c38-23-33(30-10-6-20-39-24-30)26-18-21-42(22-19-26)37(44)35(28-8-2-1-3-9-28)41-36(43)29-13-16-32(17-14-29)45-25-31-15-12-27-7-4-5-11-34(27)40-31/h1-17,20,24,26,33,35H,18-19,21-22,25H2,(H,41,43)/t33?,35-/m1/s1. The SMILES string of the molecule is N#CC(c1cccnc1)C1CCN(C(=O)[C@H](NC(=O)c2ccc(OCc3ccc4ccccc4n3)cc2)c2ccccc2)CC1. The van der Waals surface area contributed by atoms with Gasteiger partial charge in [-0.15, -0.1) is 0 Å². The molecule has 8 nitrogen and oxygen atoms in total. The number of nitriles is 1. The number of carbonyl (C=O) groups is 2. The van der Waals surface area contributed by atoms with Crippen LogP contribution in [0.3, 0.4) is 0 Å². The number of likely N-dealkylation sites (tertiary alicyclic amines) is 1. The molecular weight excluding hydrogens is 562 g/mol. The average Bonchev–Trinajstić information content (AvgIpc) is 3.11. The van der Waals surface area contributed by atoms with Crippen LogP contribution in [0.25, 0.3) is 10.9 Å². The Morgan fingerprint density at radius 3 is 2.36 bits per heavy atom. The normalized spacial score (nSPS) is 14.7. The monoisotopic (exact) mass is 595 g/mol. The predicted molar refractivity (Wildman–Crippen MR) is 171 cm³/mol. The van der Waals surface area contributed by atoms with Gasteiger partial charge in [-0.3, -0.25) is 14.6 Å². The lowest BCUT2D eigenvalue weighted by atomic mass is 9.81. The number of fused-ring (bicyclic) bond motifs is 1. The first-order valence-corrected chi connectivity index (χ1v) is 15.1. The summed E-state index contributed by atoms with van der Waals surface area (Å²) in [4.78, 5) is 37.8. The molecular formula is C37H33N5O3. The molecule has 0 saturated carbocycles. The second-order valence-electron chi connectivity index (χ2n) is 11.2. The number of ether oxygens (including phenoxy) is 1. The van der Waals surface area contributed by atoms with Crippen molar-refractivity contribution in [1.82, 2.24) is 20.2 Å². The van der Waals surface area contributed by atoms with E-state index in [2.05, 4.69) is 21.4 Å². The van der Waals surface area contributed by atoms with E-state index in [0.29, 0.717) is 49.4 Å². The number of rotatable bonds is 9. The number of pyridine rings is 2. The van der Waals surface area contributed by atoms with Gasteiger partial charge in [-0.1, -0.05) is 60.7 Å². The van der Waals surface area contributed by atoms with Gasteiger partial charge in [-0.05, 0) is 72.4 Å². The van der Waals surface area contributed by atoms with E-state index in [1.807, 2.05) is 78.9 Å². The van der Waals surface area contributed by atoms with Crippen molar-refractivity contribution in [3.8, 4) is 11.8 Å². The lowest BCUT2D eigenvalue weighted by Gasteiger charge is -2.36. The minimum atomic E-state index is -0.838. The molecule has 0 radical (unpaired) electrons. The highest BCUT2D eigenvalue weighted by Gasteiger charge is 2.33. The first-order chi connectivity index (χ1) is 22.1. The Labute approximate surface area is 262 Å². The first-order valence-electron chi connectivity index (χ1n) is 15.1. The van der Waals surface area contributed by atoms with Crippen molar-refractivity contribution in [2.45, 2.75) is 31.4 Å². The lowest BCUT2D eigenvalue weighted by Crippen LogP contribution is -2.46. The molecule has 224 valence electrons. The Bertz CT molecular complexity index is 1800. The molecule has 45 heavy (non-hydrogen) atoms. The summed E-state index contributed by atoms with van der Waals surface area (Å²) in [5.41, 5.74) is 3.76. The summed E-state index contributed by atoms with van der Waals surface area (Å²) in [5.74, 6) is -0.0363. The molecule has 2 amide bonds. The van der Waals surface area contributed by atoms with E-state index in [0.717, 1.165) is 22.2 Å². The molecule has 2 atom stereocenters. The third-order valence-corrected chi connectivity index (χ3v) is 8.32. The molecule has 0 bridgehead atoms. The van der Waals surface area contributed by atoms with Crippen molar-refractivity contribution in [3.63, 3.8) is 0 Å². The van der Waals surface area contributed by atoms with Gasteiger partial charge in [-0.25, -0.2) is 4.98 Å². The van der Waals surface area contributed by atoms with Crippen molar-refractivity contribution in [2.24, 2.45) is 5.92 Å². The summed E-state index contributed by atoms with van der Waals surface area (Å²) >= 11 is 0. The number of nitrogens with zero attached hydrogens (tertiary/aromatic N) is 4. The van der Waals surface area contributed by atoms with Crippen LogP contribution in [0.15, 0.2) is 116 Å².